The number of anilines is 2. The number of rotatable bonds is 47. The lowest BCUT2D eigenvalue weighted by Gasteiger charge is -2.43. The third kappa shape index (κ3) is 31.4. The molecule has 0 aromatic heterocycles. The third-order valence-corrected chi connectivity index (χ3v) is 31.7. The SMILES string of the molecule is CNC(C)COCC(C)NCC(O)COCCC[Si](C)(C)O[Si](C)(C)O[Si](O[SiH2]CCCOCC(O)CNC(C)COCC(C)N)(O[Si](C)(C)CCCOCC(O)CNc1c(SC)cc(SC)c(N)c1C)c1ccccc1. The zero-order valence-electron chi connectivity index (χ0n) is 49.6. The summed E-state index contributed by atoms with van der Waals surface area (Å²) in [4.78, 5) is 2.14. The maximum Gasteiger partial charge on any atom is 0.506 e. The molecule has 0 bridgehead atoms. The van der Waals surface area contributed by atoms with Gasteiger partial charge in [0, 0.05) is 78.6 Å². The fourth-order valence-corrected chi connectivity index (χ4v) is 30.1. The van der Waals surface area contributed by atoms with Crippen molar-refractivity contribution in [3.8, 4) is 0 Å². The van der Waals surface area contributed by atoms with Gasteiger partial charge in [0.25, 0.3) is 0 Å². The van der Waals surface area contributed by atoms with E-state index in [0.29, 0.717) is 65.9 Å². The van der Waals surface area contributed by atoms with Crippen LogP contribution in [-0.2, 0) is 40.1 Å². The number of hydrogen-bond acceptors (Lipinski definition) is 20. The first kappa shape index (κ1) is 72.3. The summed E-state index contributed by atoms with van der Waals surface area (Å²) in [6, 6.07) is 15.2. The summed E-state index contributed by atoms with van der Waals surface area (Å²) in [5, 5.41) is 46.3. The summed E-state index contributed by atoms with van der Waals surface area (Å²) in [7, 11) is -10.6. The Hall–Kier alpha value is -0.816. The van der Waals surface area contributed by atoms with Gasteiger partial charge in [-0.2, -0.15) is 0 Å². The molecular formula is C52H106N6O12S2Si5. The summed E-state index contributed by atoms with van der Waals surface area (Å²) < 4.78 is 58.5. The summed E-state index contributed by atoms with van der Waals surface area (Å²) >= 11 is 3.28. The Labute approximate surface area is 480 Å². The van der Waals surface area contributed by atoms with Crippen LogP contribution in [0.4, 0.5) is 11.4 Å². The van der Waals surface area contributed by atoms with E-state index < -0.39 is 62.1 Å². The first-order valence-electron chi connectivity index (χ1n) is 27.7. The molecule has 0 heterocycles. The second-order valence-corrected chi connectivity index (χ2v) is 41.0. The van der Waals surface area contributed by atoms with Crippen molar-refractivity contribution in [2.24, 2.45) is 5.73 Å². The quantitative estimate of drug-likeness (QED) is 0.0179. The Morgan fingerprint density at radius 1 is 0.623 bits per heavy atom. The van der Waals surface area contributed by atoms with Crippen LogP contribution >= 0.6 is 23.5 Å². The molecule has 8 atom stereocenters. The van der Waals surface area contributed by atoms with Crippen LogP contribution in [0, 0.1) is 6.92 Å². The van der Waals surface area contributed by atoms with Crippen LogP contribution in [0.5, 0.6) is 0 Å². The van der Waals surface area contributed by atoms with Gasteiger partial charge < -0.3 is 88.2 Å². The molecule has 448 valence electrons. The molecule has 0 radical (unpaired) electrons. The average Bonchev–Trinajstić information content (AvgIpc) is 3.36. The lowest BCUT2D eigenvalue weighted by molar-refractivity contribution is 0.0326. The fraction of sp³-hybridized carbons (Fsp3) is 0.769. The Morgan fingerprint density at radius 2 is 1.12 bits per heavy atom. The van der Waals surface area contributed by atoms with Crippen molar-refractivity contribution in [2.75, 3.05) is 116 Å². The Kier molecular flexibility index (Phi) is 36.5. The molecule has 0 saturated carbocycles. The second-order valence-electron chi connectivity index (χ2n) is 22.0. The molecule has 0 aliphatic carbocycles. The molecule has 11 N–H and O–H groups in total. The maximum absolute atomic E-state index is 10.9. The summed E-state index contributed by atoms with van der Waals surface area (Å²) in [6.45, 7) is 28.7. The molecule has 0 fully saturated rings. The van der Waals surface area contributed by atoms with Crippen LogP contribution in [0.3, 0.4) is 0 Å². The largest absolute Gasteiger partial charge is 0.506 e. The number of benzene rings is 2. The van der Waals surface area contributed by atoms with Crippen LogP contribution < -0.4 is 37.9 Å². The van der Waals surface area contributed by atoms with Crippen molar-refractivity contribution in [1.82, 2.24) is 16.0 Å². The van der Waals surface area contributed by atoms with Crippen molar-refractivity contribution in [1.29, 1.82) is 0 Å². The van der Waals surface area contributed by atoms with Crippen molar-refractivity contribution in [3.63, 3.8) is 0 Å². The maximum atomic E-state index is 10.9. The van der Waals surface area contributed by atoms with Gasteiger partial charge in [-0.25, -0.2) is 0 Å². The van der Waals surface area contributed by atoms with E-state index in [1.807, 2.05) is 65.5 Å². The van der Waals surface area contributed by atoms with E-state index >= 15 is 0 Å². The van der Waals surface area contributed by atoms with E-state index in [0.717, 1.165) is 69.3 Å². The highest BCUT2D eigenvalue weighted by Crippen LogP contribution is 2.38. The number of thioether (sulfide) groups is 2. The third-order valence-electron chi connectivity index (χ3n) is 12.4. The van der Waals surface area contributed by atoms with Gasteiger partial charge in [0.05, 0.1) is 75.9 Å². The normalized spacial score (nSPS) is 16.3. The molecule has 0 aliphatic rings. The van der Waals surface area contributed by atoms with E-state index in [1.54, 1.807) is 23.5 Å². The number of likely N-dealkylation sites (N-methyl/N-ethyl adjacent to an activating group) is 1. The predicted octanol–water partition coefficient (Wildman–Crippen LogP) is 5.21. The first-order chi connectivity index (χ1) is 36.4. The van der Waals surface area contributed by atoms with Gasteiger partial charge in [0.1, 0.15) is 0 Å². The van der Waals surface area contributed by atoms with Gasteiger partial charge in [-0.1, -0.05) is 30.3 Å². The molecule has 0 aliphatic heterocycles. The van der Waals surface area contributed by atoms with E-state index in [2.05, 4.69) is 85.7 Å². The van der Waals surface area contributed by atoms with Crippen LogP contribution in [0.15, 0.2) is 46.2 Å². The molecule has 18 nitrogen and oxygen atoms in total. The van der Waals surface area contributed by atoms with Crippen molar-refractivity contribution >= 4 is 83.8 Å². The van der Waals surface area contributed by atoms with Crippen LogP contribution in [0.25, 0.3) is 0 Å². The van der Waals surface area contributed by atoms with Gasteiger partial charge in [0.2, 0.25) is 0 Å². The van der Waals surface area contributed by atoms with Gasteiger partial charge in [-0.05, 0) is 142 Å². The number of nitrogens with two attached hydrogens (primary N) is 2. The zero-order valence-corrected chi connectivity index (χ0v) is 56.7. The van der Waals surface area contributed by atoms with Crippen molar-refractivity contribution in [3.05, 3.63) is 42.0 Å². The number of hydrogen-bond donors (Lipinski definition) is 9. The summed E-state index contributed by atoms with van der Waals surface area (Å²) in [6.07, 6.45) is 4.41. The molecule has 2 aromatic carbocycles. The molecule has 2 aromatic rings. The standard InChI is InChI=1S/C52H106N6O12S2Si5/c1-40(53)33-65-35-42(3)56-30-45(59)37-62-23-18-26-73-67-77(48-21-16-15-17-22-48,69-75(11,12)28-20-25-64-39-47(61)32-58-52-44(5)51(54)49(71-7)29-50(52)72-8)70-76(13,14)68-74(9,10)27-19-24-63-38-46(60)31-57-43(4)36-66-34-41(2)55-6/h15-17,21-22,29,40-43,45-47,55-61H,18-20,23-28,30-39,53-54,73H2,1-14H3. The zero-order chi connectivity index (χ0) is 57.5. The van der Waals surface area contributed by atoms with E-state index in [-0.39, 0.29) is 44.0 Å². The number of aliphatic hydroxyl groups excluding tert-OH is 3. The molecule has 0 amide bonds. The average molecular weight is 1210 g/mol. The Morgan fingerprint density at radius 3 is 1.64 bits per heavy atom. The minimum Gasteiger partial charge on any atom is -0.436 e. The van der Waals surface area contributed by atoms with Crippen LogP contribution in [-0.4, -0.2) is 207 Å². The first-order valence-corrected chi connectivity index (χ1v) is 42.5. The molecule has 2 rings (SSSR count). The molecule has 8 unspecified atom stereocenters. The van der Waals surface area contributed by atoms with Crippen molar-refractivity contribution in [2.45, 2.75) is 164 Å². The Balaban J connectivity index is 2.11. The van der Waals surface area contributed by atoms with E-state index in [1.165, 1.54) is 0 Å². The van der Waals surface area contributed by atoms with E-state index in [9.17, 15) is 15.3 Å². The number of ether oxygens (including phenoxy) is 5. The highest BCUT2D eigenvalue weighted by Gasteiger charge is 2.53. The monoisotopic (exact) mass is 1210 g/mol. The molecule has 77 heavy (non-hydrogen) atoms. The van der Waals surface area contributed by atoms with Gasteiger partial charge >= 0.3 is 17.4 Å². The summed E-state index contributed by atoms with van der Waals surface area (Å²) in [5.74, 6) is 0. The molecular weight excluding hydrogens is 1110 g/mol. The summed E-state index contributed by atoms with van der Waals surface area (Å²) in [5.41, 5.74) is 14.9. The smallest absolute Gasteiger partial charge is 0.436 e. The number of aliphatic hydroxyl groups is 3. The topological polar surface area (TPSA) is 244 Å². The highest BCUT2D eigenvalue weighted by atomic mass is 32.2. The van der Waals surface area contributed by atoms with Crippen LogP contribution in [0.1, 0.15) is 52.5 Å². The minimum atomic E-state index is -3.60. The van der Waals surface area contributed by atoms with Gasteiger partial charge in [0.15, 0.2) is 26.4 Å². The Bertz CT molecular complexity index is 1870. The number of nitrogen functional groups attached to an aromatic ring is 1. The molecule has 25 heteroatoms. The van der Waals surface area contributed by atoms with Crippen LogP contribution in [0.2, 0.25) is 57.4 Å². The number of nitrogens with one attached hydrogen (secondary N) is 4. The molecule has 0 spiro atoms. The lowest BCUT2D eigenvalue weighted by atomic mass is 10.1. The van der Waals surface area contributed by atoms with Gasteiger partial charge in [-0.15, -0.1) is 23.5 Å². The minimum absolute atomic E-state index is 0.0169. The lowest BCUT2D eigenvalue weighted by Crippen LogP contribution is -2.67. The highest BCUT2D eigenvalue weighted by molar-refractivity contribution is 7.99. The second kappa shape index (κ2) is 38.9. The predicted molar refractivity (Wildman–Crippen MR) is 332 cm³/mol. The van der Waals surface area contributed by atoms with Crippen molar-refractivity contribution < 1.29 is 55.5 Å². The van der Waals surface area contributed by atoms with E-state index in [4.69, 9.17) is 51.6 Å². The fourth-order valence-electron chi connectivity index (χ4n) is 8.22. The molecule has 0 saturated heterocycles. The van der Waals surface area contributed by atoms with Gasteiger partial charge in [-0.3, -0.25) is 0 Å².